The lowest BCUT2D eigenvalue weighted by molar-refractivity contribution is 0.627. The number of thioether (sulfide) groups is 1. The molecule has 84 valence electrons. The van der Waals surface area contributed by atoms with Gasteiger partial charge in [0.2, 0.25) is 0 Å². The van der Waals surface area contributed by atoms with Crippen LogP contribution < -0.4 is 0 Å². The minimum absolute atomic E-state index is 0.322. The van der Waals surface area contributed by atoms with Crippen LogP contribution in [-0.2, 0) is 12.8 Å². The molecule has 0 saturated heterocycles. The van der Waals surface area contributed by atoms with Gasteiger partial charge in [-0.15, -0.1) is 10.2 Å². The molecule has 0 bridgehead atoms. The Kier molecular flexibility index (Phi) is 3.46. The first-order chi connectivity index (χ1) is 7.66. The van der Waals surface area contributed by atoms with Crippen molar-refractivity contribution in [3.8, 4) is 0 Å². The summed E-state index contributed by atoms with van der Waals surface area (Å²) in [6, 6.07) is 4.40. The first kappa shape index (κ1) is 11.4. The van der Waals surface area contributed by atoms with E-state index in [1.165, 1.54) is 23.9 Å². The molecule has 0 unspecified atom stereocenters. The molecule has 2 aromatic rings. The maximum Gasteiger partial charge on any atom is 0.191 e. The van der Waals surface area contributed by atoms with Crippen LogP contribution in [0.5, 0.6) is 0 Å². The van der Waals surface area contributed by atoms with Gasteiger partial charge in [0.1, 0.15) is 12.1 Å². The molecule has 6 heteroatoms. The van der Waals surface area contributed by atoms with Crippen molar-refractivity contribution in [1.82, 2.24) is 14.8 Å². The van der Waals surface area contributed by atoms with Crippen molar-refractivity contribution < 1.29 is 4.39 Å². The van der Waals surface area contributed by atoms with E-state index in [0.29, 0.717) is 10.8 Å². The van der Waals surface area contributed by atoms with Crippen LogP contribution in [-0.4, -0.2) is 14.8 Å². The molecule has 0 aliphatic rings. The number of hydrogen-bond acceptors (Lipinski definition) is 3. The molecule has 1 heterocycles. The largest absolute Gasteiger partial charge is 0.312 e. The van der Waals surface area contributed by atoms with Crippen LogP contribution in [0.4, 0.5) is 4.39 Å². The molecule has 0 spiro atoms. The Labute approximate surface area is 102 Å². The van der Waals surface area contributed by atoms with Gasteiger partial charge >= 0.3 is 0 Å². The fraction of sp³-hybridized carbons (Fsp3) is 0.200. The zero-order valence-electron chi connectivity index (χ0n) is 8.52. The van der Waals surface area contributed by atoms with Crippen LogP contribution >= 0.6 is 23.4 Å². The number of rotatable bonds is 3. The third kappa shape index (κ3) is 2.54. The Balaban J connectivity index is 2.08. The second-order valence-corrected chi connectivity index (χ2v) is 4.60. The molecular formula is C10H9ClFN3S. The van der Waals surface area contributed by atoms with E-state index in [1.807, 2.05) is 11.6 Å². The molecule has 1 aromatic heterocycles. The Hall–Kier alpha value is -1.07. The van der Waals surface area contributed by atoms with Crippen molar-refractivity contribution >= 4 is 23.4 Å². The number of aryl methyl sites for hydroxylation is 1. The molecule has 3 nitrogen and oxygen atoms in total. The number of hydrogen-bond donors (Lipinski definition) is 0. The van der Waals surface area contributed by atoms with Crippen molar-refractivity contribution in [2.75, 3.05) is 0 Å². The van der Waals surface area contributed by atoms with E-state index in [0.717, 1.165) is 10.7 Å². The molecule has 16 heavy (non-hydrogen) atoms. The summed E-state index contributed by atoms with van der Waals surface area (Å²) in [7, 11) is 1.87. The van der Waals surface area contributed by atoms with E-state index < -0.39 is 0 Å². The highest BCUT2D eigenvalue weighted by atomic mass is 35.5. The van der Waals surface area contributed by atoms with Gasteiger partial charge in [-0.3, -0.25) is 0 Å². The normalized spacial score (nSPS) is 10.7. The molecule has 0 saturated carbocycles. The summed E-state index contributed by atoms with van der Waals surface area (Å²) < 4.78 is 14.6. The third-order valence-corrected chi connectivity index (χ3v) is 3.48. The summed E-state index contributed by atoms with van der Waals surface area (Å²) in [5.74, 6) is 0.323. The summed E-state index contributed by atoms with van der Waals surface area (Å²) in [6.45, 7) is 0. The molecule has 0 N–H and O–H groups in total. The van der Waals surface area contributed by atoms with Gasteiger partial charge in [0.15, 0.2) is 5.16 Å². The minimum Gasteiger partial charge on any atom is -0.312 e. The van der Waals surface area contributed by atoms with Crippen LogP contribution in [0.15, 0.2) is 29.7 Å². The van der Waals surface area contributed by atoms with Gasteiger partial charge in [0, 0.05) is 17.8 Å². The smallest absolute Gasteiger partial charge is 0.191 e. The molecule has 0 aliphatic carbocycles. The molecule has 1 aromatic carbocycles. The molecular weight excluding hydrogens is 249 g/mol. The van der Waals surface area contributed by atoms with Crippen molar-refractivity contribution in [2.24, 2.45) is 7.05 Å². The van der Waals surface area contributed by atoms with Crippen LogP contribution in [0, 0.1) is 5.82 Å². The molecule has 0 amide bonds. The Morgan fingerprint density at radius 2 is 2.31 bits per heavy atom. The van der Waals surface area contributed by atoms with Gasteiger partial charge in [0.05, 0.1) is 0 Å². The zero-order valence-corrected chi connectivity index (χ0v) is 10.1. The van der Waals surface area contributed by atoms with Crippen LogP contribution in [0.25, 0.3) is 0 Å². The number of nitrogens with zero attached hydrogens (tertiary/aromatic N) is 3. The predicted octanol–water partition coefficient (Wildman–Crippen LogP) is 2.90. The van der Waals surface area contributed by atoms with Crippen molar-refractivity contribution in [1.29, 1.82) is 0 Å². The SMILES string of the molecule is Cn1cnnc1SCc1ccc(F)cc1Cl. The van der Waals surface area contributed by atoms with Gasteiger partial charge < -0.3 is 4.57 Å². The van der Waals surface area contributed by atoms with Gasteiger partial charge in [-0.25, -0.2) is 4.39 Å². The molecule has 0 aliphatic heterocycles. The third-order valence-electron chi connectivity index (χ3n) is 2.04. The number of aromatic nitrogens is 3. The molecule has 0 radical (unpaired) electrons. The molecule has 0 fully saturated rings. The van der Waals surface area contributed by atoms with E-state index in [1.54, 1.807) is 12.4 Å². The molecule has 0 atom stereocenters. The number of benzene rings is 1. The van der Waals surface area contributed by atoms with Crippen LogP contribution in [0.1, 0.15) is 5.56 Å². The fourth-order valence-corrected chi connectivity index (χ4v) is 2.39. The van der Waals surface area contributed by atoms with Crippen LogP contribution in [0.2, 0.25) is 5.02 Å². The van der Waals surface area contributed by atoms with Crippen molar-refractivity contribution in [3.63, 3.8) is 0 Å². The van der Waals surface area contributed by atoms with Gasteiger partial charge in [-0.05, 0) is 17.7 Å². The quantitative estimate of drug-likeness (QED) is 0.792. The highest BCUT2D eigenvalue weighted by molar-refractivity contribution is 7.98. The maximum absolute atomic E-state index is 12.8. The first-order valence-corrected chi connectivity index (χ1v) is 5.94. The fourth-order valence-electron chi connectivity index (χ4n) is 1.18. The summed E-state index contributed by atoms with van der Waals surface area (Å²) in [5, 5.41) is 8.95. The summed E-state index contributed by atoms with van der Waals surface area (Å²) in [4.78, 5) is 0. The monoisotopic (exact) mass is 257 g/mol. The second kappa shape index (κ2) is 4.84. The first-order valence-electron chi connectivity index (χ1n) is 4.57. The van der Waals surface area contributed by atoms with E-state index in [4.69, 9.17) is 11.6 Å². The van der Waals surface area contributed by atoms with Gasteiger partial charge in [-0.2, -0.15) is 0 Å². The van der Waals surface area contributed by atoms with Crippen LogP contribution in [0.3, 0.4) is 0 Å². The Morgan fingerprint density at radius 1 is 1.50 bits per heavy atom. The zero-order chi connectivity index (χ0) is 11.5. The van der Waals surface area contributed by atoms with E-state index in [-0.39, 0.29) is 5.82 Å². The lowest BCUT2D eigenvalue weighted by Gasteiger charge is -2.03. The van der Waals surface area contributed by atoms with E-state index in [9.17, 15) is 4.39 Å². The van der Waals surface area contributed by atoms with Gasteiger partial charge in [0.25, 0.3) is 0 Å². The van der Waals surface area contributed by atoms with E-state index in [2.05, 4.69) is 10.2 Å². The standard InChI is InChI=1S/C10H9ClFN3S/c1-15-6-13-14-10(15)16-5-7-2-3-8(12)4-9(7)11/h2-4,6H,5H2,1H3. The Morgan fingerprint density at radius 3 is 2.94 bits per heavy atom. The van der Waals surface area contributed by atoms with Crippen molar-refractivity contribution in [3.05, 3.63) is 40.9 Å². The predicted molar refractivity (Wildman–Crippen MR) is 62.0 cm³/mol. The maximum atomic E-state index is 12.8. The average Bonchev–Trinajstić information content (AvgIpc) is 2.63. The van der Waals surface area contributed by atoms with Gasteiger partial charge in [-0.1, -0.05) is 29.4 Å². The second-order valence-electron chi connectivity index (χ2n) is 3.25. The topological polar surface area (TPSA) is 30.7 Å². The lowest BCUT2D eigenvalue weighted by atomic mass is 10.2. The van der Waals surface area contributed by atoms with Crippen molar-refractivity contribution in [2.45, 2.75) is 10.9 Å². The summed E-state index contributed by atoms with van der Waals surface area (Å²) in [5.41, 5.74) is 0.885. The summed E-state index contributed by atoms with van der Waals surface area (Å²) >= 11 is 7.42. The average molecular weight is 258 g/mol. The highest BCUT2D eigenvalue weighted by Crippen LogP contribution is 2.25. The highest BCUT2D eigenvalue weighted by Gasteiger charge is 2.05. The van der Waals surface area contributed by atoms with E-state index >= 15 is 0 Å². The number of halogens is 2. The summed E-state index contributed by atoms with van der Waals surface area (Å²) in [6.07, 6.45) is 1.63. The molecule has 2 rings (SSSR count). The Bertz CT molecular complexity index is 501. The minimum atomic E-state index is -0.322. The lowest BCUT2D eigenvalue weighted by Crippen LogP contribution is -1.90.